The maximum absolute atomic E-state index is 13.6. The maximum atomic E-state index is 13.6. The summed E-state index contributed by atoms with van der Waals surface area (Å²) in [4.78, 5) is 55.0. The van der Waals surface area contributed by atoms with E-state index in [1.807, 2.05) is 61.5 Å². The molecule has 11 rings (SSSR count). The van der Waals surface area contributed by atoms with Crippen LogP contribution >= 0.6 is 0 Å². The lowest BCUT2D eigenvalue weighted by Gasteiger charge is -2.28. The molecule has 3 atom stereocenters. The van der Waals surface area contributed by atoms with E-state index in [1.165, 1.54) is 56.4 Å². The number of rotatable bonds is 23. The van der Waals surface area contributed by atoms with Crippen LogP contribution in [0.5, 0.6) is 5.75 Å². The van der Waals surface area contributed by atoms with Crippen molar-refractivity contribution in [2.45, 2.75) is 124 Å². The van der Waals surface area contributed by atoms with Gasteiger partial charge in [0.25, 0.3) is 51.9 Å². The Morgan fingerprint density at radius 3 is 2.00 bits per heavy atom. The molecule has 0 fully saturated rings. The predicted octanol–water partition coefficient (Wildman–Crippen LogP) is 9.52. The van der Waals surface area contributed by atoms with Crippen molar-refractivity contribution in [2.75, 3.05) is 29.0 Å². The van der Waals surface area contributed by atoms with Crippen molar-refractivity contribution in [3.05, 3.63) is 201 Å². The summed E-state index contributed by atoms with van der Waals surface area (Å²) in [5.74, 6) is -1.25. The molecule has 0 saturated heterocycles. The Kier molecular flexibility index (Phi) is 19.3. The number of nitrogens with two attached hydrogens (primary N) is 1. The van der Waals surface area contributed by atoms with Crippen molar-refractivity contribution in [2.24, 2.45) is 0 Å². The predicted molar refractivity (Wildman–Crippen MR) is 374 cm³/mol. The van der Waals surface area contributed by atoms with Gasteiger partial charge in [-0.15, -0.1) is 0 Å². The van der Waals surface area contributed by atoms with E-state index in [4.69, 9.17) is 10.5 Å². The molecule has 30 heteroatoms. The smallest absolute Gasteiger partial charge is 0.326 e. The number of aromatic nitrogens is 4. The number of carboxylic acids is 1. The number of allylic oxidation sites excluding steroid dienone is 7. The molecular formula is C69H72N9O17S4+. The highest BCUT2D eigenvalue weighted by Crippen LogP contribution is 2.52. The monoisotopic (exact) mass is 1430 g/mol. The highest BCUT2D eigenvalue weighted by molar-refractivity contribution is 7.87. The normalized spacial score (nSPS) is 17.4. The number of carbonyl (C=O) groups excluding carboxylic acids is 1. The van der Waals surface area contributed by atoms with Crippen LogP contribution < -0.4 is 31.6 Å². The Hall–Kier alpha value is -9.53. The molecule has 4 heterocycles. The summed E-state index contributed by atoms with van der Waals surface area (Å²) in [6.07, 6.45) is 10.6. The van der Waals surface area contributed by atoms with E-state index >= 15 is 0 Å². The zero-order valence-electron chi connectivity index (χ0n) is 54.5. The molecule has 2 unspecified atom stereocenters. The number of benzene rings is 6. The van der Waals surface area contributed by atoms with Gasteiger partial charge in [-0.1, -0.05) is 50.3 Å². The zero-order chi connectivity index (χ0) is 71.5. The van der Waals surface area contributed by atoms with Crippen LogP contribution in [0.15, 0.2) is 177 Å². The summed E-state index contributed by atoms with van der Waals surface area (Å²) in [6.45, 7) is 11.1. The average Bonchev–Trinajstić information content (AvgIpc) is 1.58. The number of carboxylic acid groups (broad SMARTS) is 1. The molecule has 0 saturated carbocycles. The van der Waals surface area contributed by atoms with Crippen LogP contribution in [0.3, 0.4) is 0 Å². The summed E-state index contributed by atoms with van der Waals surface area (Å²) >= 11 is 0. The number of anilines is 3. The fourth-order valence-electron chi connectivity index (χ4n) is 13.1. The summed E-state index contributed by atoms with van der Waals surface area (Å²) in [6, 6.07) is 27.3. The number of hydrogen-bond donors (Lipinski definition) is 9. The largest absolute Gasteiger partial charge is 0.480 e. The minimum atomic E-state index is -4.57. The standard InChI is InChI=1S/C69H71N9O17S4/c1-39(96(83,84)85)30-32-77-55-26-14-45-35-50(98(89,90)91)22-24-52(45)59(55)68(3,4)57(77)28-16-42-8-7-9-43(17-29-58-69(5,6)60-53-25-23-51(99(92,93)94)36-46(53)15-27-56(60)78(58)33-31-40(2)97(86,87)88)62(42)95-49-20-10-41(11-21-49)34-54(66(81)82)74-64(79)44-12-18-47(19-13-44)71-37-48-38-72-63-61(73-48)65(80)76-67(70)75-63/h10-29,35-36,38-40,54H,7-9,30-34,37H2,1-6H3,(H9-,70,71,72,74,75,76,79,80,81,82,83,84,85,86,87,88,89,90,91,92,93,94)/p+1/t39?,40?,54-/m0/s1. The van der Waals surface area contributed by atoms with Gasteiger partial charge in [-0.2, -0.15) is 43.2 Å². The number of aliphatic carboxylic acids is 1. The number of nitrogen functional groups attached to an aromatic ring is 1. The second-order valence-corrected chi connectivity index (χ2v) is 32.3. The number of ether oxygens (including phenoxy) is 1. The molecular weight excluding hydrogens is 1360 g/mol. The lowest BCUT2D eigenvalue weighted by atomic mass is 9.78. The number of carbonyl (C=O) groups is 2. The molecule has 1 amide bonds. The Morgan fingerprint density at radius 1 is 0.747 bits per heavy atom. The summed E-state index contributed by atoms with van der Waals surface area (Å²) < 4.78 is 148. The highest BCUT2D eigenvalue weighted by Gasteiger charge is 2.47. The molecule has 0 bridgehead atoms. The Labute approximate surface area is 570 Å². The lowest BCUT2D eigenvalue weighted by Crippen LogP contribution is -2.42. The third-order valence-corrected chi connectivity index (χ3v) is 22.6. The van der Waals surface area contributed by atoms with Crippen molar-refractivity contribution in [3.63, 3.8) is 0 Å². The molecule has 10 N–H and O–H groups in total. The van der Waals surface area contributed by atoms with Crippen LogP contribution in [-0.2, 0) is 69.1 Å². The van der Waals surface area contributed by atoms with E-state index in [1.54, 1.807) is 72.8 Å². The quantitative estimate of drug-likeness (QED) is 0.0212. The van der Waals surface area contributed by atoms with Crippen LogP contribution in [-0.4, -0.2) is 129 Å². The Balaban J connectivity index is 0.941. The number of hydrogen-bond acceptors (Lipinski definition) is 18. The van der Waals surface area contributed by atoms with Gasteiger partial charge < -0.3 is 31.1 Å². The van der Waals surface area contributed by atoms with Gasteiger partial charge >= 0.3 is 5.97 Å². The number of amides is 1. The Bertz CT molecular complexity index is 5360. The first-order valence-corrected chi connectivity index (χ1v) is 37.3. The lowest BCUT2D eigenvalue weighted by molar-refractivity contribution is -0.438. The number of fused-ring (bicyclic) bond motifs is 7. The molecule has 99 heavy (non-hydrogen) atoms. The number of H-pyrrole nitrogens is 1. The summed E-state index contributed by atoms with van der Waals surface area (Å²) in [5.41, 5.74) is 11.0. The number of nitrogens with one attached hydrogen (secondary N) is 3. The topological polar surface area (TPSA) is 409 Å². The van der Waals surface area contributed by atoms with Gasteiger partial charge in [0.05, 0.1) is 44.1 Å². The van der Waals surface area contributed by atoms with Gasteiger partial charge in [0, 0.05) is 65.1 Å². The second-order valence-electron chi connectivity index (χ2n) is 25.8. The van der Waals surface area contributed by atoms with E-state index in [0.717, 1.165) is 22.3 Å². The van der Waals surface area contributed by atoms with E-state index in [9.17, 15) is 71.4 Å². The molecule has 2 aliphatic heterocycles. The fourth-order valence-corrected chi connectivity index (χ4v) is 14.9. The van der Waals surface area contributed by atoms with E-state index in [0.29, 0.717) is 92.0 Å². The van der Waals surface area contributed by atoms with E-state index in [-0.39, 0.29) is 71.4 Å². The van der Waals surface area contributed by atoms with Crippen molar-refractivity contribution in [3.8, 4) is 5.75 Å². The van der Waals surface area contributed by atoms with Gasteiger partial charge in [0.2, 0.25) is 11.6 Å². The van der Waals surface area contributed by atoms with Crippen molar-refractivity contribution in [1.82, 2.24) is 25.3 Å². The average molecular weight is 1430 g/mol. The van der Waals surface area contributed by atoms with E-state index in [2.05, 4.69) is 30.6 Å². The van der Waals surface area contributed by atoms with Crippen LogP contribution in [0.25, 0.3) is 32.7 Å². The Morgan fingerprint density at radius 2 is 1.37 bits per heavy atom. The van der Waals surface area contributed by atoms with Crippen LogP contribution in [0.4, 0.5) is 23.0 Å². The molecule has 2 aromatic heterocycles. The number of aromatic amines is 1. The van der Waals surface area contributed by atoms with Gasteiger partial charge in [-0.05, 0) is 182 Å². The van der Waals surface area contributed by atoms with Gasteiger partial charge in [-0.25, -0.2) is 14.8 Å². The highest BCUT2D eigenvalue weighted by atomic mass is 32.2. The molecule has 6 aromatic carbocycles. The molecule has 8 aromatic rings. The van der Waals surface area contributed by atoms with Crippen LogP contribution in [0, 0.1) is 0 Å². The summed E-state index contributed by atoms with van der Waals surface area (Å²) in [5, 5.41) is 16.3. The van der Waals surface area contributed by atoms with E-state index < -0.39 is 85.3 Å². The molecule has 518 valence electrons. The maximum Gasteiger partial charge on any atom is 0.326 e. The fraction of sp³-hybridized carbons (Fsp3) is 0.290. The third kappa shape index (κ3) is 14.9. The molecule has 26 nitrogen and oxygen atoms in total. The van der Waals surface area contributed by atoms with Gasteiger partial charge in [0.1, 0.15) is 17.6 Å². The molecule has 0 spiro atoms. The van der Waals surface area contributed by atoms with Gasteiger partial charge in [0.15, 0.2) is 23.4 Å². The minimum absolute atomic E-state index is 0.00687. The first kappa shape index (κ1) is 70.8. The molecule has 3 aliphatic rings. The first-order valence-electron chi connectivity index (χ1n) is 31.4. The van der Waals surface area contributed by atoms with Crippen molar-refractivity contribution >= 4 is 114 Å². The van der Waals surface area contributed by atoms with Crippen molar-refractivity contribution in [1.29, 1.82) is 0 Å². The molecule has 1 aliphatic carbocycles. The molecule has 0 radical (unpaired) electrons. The SMILES string of the molecule is CC(CCN1/C(=C/C=C2\CCCC(/C=C/C3=[N+](CCC(C)S(=O)(=O)O)c4ccc5cc(S(=O)(=O)O)ccc5c4C3(C)C)=C2Oc2ccc(C[C@H](NC(=O)c3ccc(NCc4cnc5nc(N)[nH]c(=O)c5n4)cc3)C(=O)O)cc2)C(C)(C)c2c1ccc1cc(S(=O)(=O)O)ccc21)S(=O)(=O)O. The third-order valence-electron chi connectivity index (χ3n) is 18.4. The van der Waals surface area contributed by atoms with Crippen LogP contribution in [0.2, 0.25) is 0 Å². The number of nitrogens with zero attached hydrogens (tertiary/aromatic N) is 5. The van der Waals surface area contributed by atoms with Gasteiger partial charge in [-0.3, -0.25) is 32.8 Å². The summed E-state index contributed by atoms with van der Waals surface area (Å²) in [7, 11) is -18.0. The van der Waals surface area contributed by atoms with Crippen LogP contribution in [0.1, 0.15) is 106 Å². The first-order chi connectivity index (χ1) is 46.5. The second kappa shape index (κ2) is 27.0. The van der Waals surface area contributed by atoms with Crippen molar-refractivity contribution < 1.29 is 75.9 Å². The zero-order valence-corrected chi connectivity index (χ0v) is 57.7. The minimum Gasteiger partial charge on any atom is -0.480 e.